The summed E-state index contributed by atoms with van der Waals surface area (Å²) in [6, 6.07) is 0. The molecule has 1 aliphatic heterocycles. The second-order valence-corrected chi connectivity index (χ2v) is 4.61. The Morgan fingerprint density at radius 2 is 2.12 bits per heavy atom. The van der Waals surface area contributed by atoms with Gasteiger partial charge in [0.25, 0.3) is 0 Å². The van der Waals surface area contributed by atoms with E-state index in [4.69, 9.17) is 5.11 Å². The first-order valence-corrected chi connectivity index (χ1v) is 6.60. The van der Waals surface area contributed by atoms with Crippen LogP contribution in [0.3, 0.4) is 0 Å². The fourth-order valence-electron chi connectivity index (χ4n) is 1.26. The number of unbranched alkanes of at least 4 members (excludes halogenated alkanes) is 2. The molecule has 96 valence electrons. The number of aliphatic hydroxyl groups excluding tert-OH is 1. The van der Waals surface area contributed by atoms with Crippen molar-refractivity contribution in [3.05, 3.63) is 0 Å². The van der Waals surface area contributed by atoms with E-state index in [1.54, 1.807) is 0 Å². The molecule has 0 fully saturated rings. The Morgan fingerprint density at radius 1 is 1.29 bits per heavy atom. The largest absolute Gasteiger partial charge is 0.396 e. The molecular weight excluding hydrogens is 242 g/mol. The lowest BCUT2D eigenvalue weighted by Crippen LogP contribution is -2.41. The van der Waals surface area contributed by atoms with Crippen LogP contribution in [0.1, 0.15) is 19.3 Å². The summed E-state index contributed by atoms with van der Waals surface area (Å²) in [7, 11) is 0. The molecular formula is C10H17N3O3S. The first kappa shape index (κ1) is 14.0. The van der Waals surface area contributed by atoms with Crippen LogP contribution in [0, 0.1) is 0 Å². The number of carbonyl (C=O) groups excluding carboxylic acids is 2. The van der Waals surface area contributed by atoms with E-state index in [0.29, 0.717) is 18.3 Å². The lowest BCUT2D eigenvalue weighted by Gasteiger charge is -2.05. The smallest absolute Gasteiger partial charge is 0.315 e. The molecule has 0 bridgehead atoms. The maximum Gasteiger partial charge on any atom is 0.315 e. The van der Waals surface area contributed by atoms with Crippen molar-refractivity contribution in [3.63, 3.8) is 0 Å². The highest BCUT2D eigenvalue weighted by molar-refractivity contribution is 8.14. The molecule has 0 aromatic carbocycles. The van der Waals surface area contributed by atoms with E-state index < -0.39 is 11.8 Å². The van der Waals surface area contributed by atoms with Gasteiger partial charge < -0.3 is 10.4 Å². The third-order valence-corrected chi connectivity index (χ3v) is 3.02. The molecule has 1 heterocycles. The molecule has 7 heteroatoms. The zero-order chi connectivity index (χ0) is 12.5. The third kappa shape index (κ3) is 5.69. The van der Waals surface area contributed by atoms with Gasteiger partial charge in [-0.15, -0.1) is 0 Å². The summed E-state index contributed by atoms with van der Waals surface area (Å²) in [5, 5.41) is 14.0. The molecule has 0 unspecified atom stereocenters. The molecule has 0 aliphatic carbocycles. The monoisotopic (exact) mass is 259 g/mol. The SMILES string of the molecule is O=C(NCCCCCO)C(=O)NC1=NCCS1. The number of nitrogens with zero attached hydrogens (tertiary/aromatic N) is 1. The van der Waals surface area contributed by atoms with Crippen molar-refractivity contribution in [3.8, 4) is 0 Å². The summed E-state index contributed by atoms with van der Waals surface area (Å²) in [6.45, 7) is 1.29. The zero-order valence-corrected chi connectivity index (χ0v) is 10.4. The predicted molar refractivity (Wildman–Crippen MR) is 66.8 cm³/mol. The standard InChI is InChI=1S/C10H17N3O3S/c14-6-3-1-2-4-11-8(15)9(16)13-10-12-5-7-17-10/h14H,1-7H2,(H,11,15)(H,12,13,16). The van der Waals surface area contributed by atoms with Gasteiger partial charge in [-0.05, 0) is 19.3 Å². The molecule has 0 aromatic heterocycles. The first-order valence-electron chi connectivity index (χ1n) is 5.61. The summed E-state index contributed by atoms with van der Waals surface area (Å²) in [6.07, 6.45) is 2.31. The van der Waals surface area contributed by atoms with Crippen LogP contribution < -0.4 is 10.6 Å². The number of hydrogen-bond donors (Lipinski definition) is 3. The molecule has 0 atom stereocenters. The van der Waals surface area contributed by atoms with Crippen LogP contribution in [-0.2, 0) is 9.59 Å². The van der Waals surface area contributed by atoms with Gasteiger partial charge in [0.2, 0.25) is 0 Å². The number of nitrogens with one attached hydrogen (secondary N) is 2. The Hall–Kier alpha value is -1.08. The predicted octanol–water partition coefficient (Wildman–Crippen LogP) is -0.516. The van der Waals surface area contributed by atoms with Crippen molar-refractivity contribution < 1.29 is 14.7 Å². The highest BCUT2D eigenvalue weighted by atomic mass is 32.2. The van der Waals surface area contributed by atoms with Crippen LogP contribution >= 0.6 is 11.8 Å². The number of carbonyl (C=O) groups is 2. The van der Waals surface area contributed by atoms with Crippen LogP contribution in [0.4, 0.5) is 0 Å². The van der Waals surface area contributed by atoms with Gasteiger partial charge in [-0.2, -0.15) is 0 Å². The molecule has 1 rings (SSSR count). The molecule has 0 radical (unpaired) electrons. The minimum Gasteiger partial charge on any atom is -0.396 e. The van der Waals surface area contributed by atoms with E-state index in [-0.39, 0.29) is 6.61 Å². The second kappa shape index (κ2) is 8.08. The topological polar surface area (TPSA) is 90.8 Å². The van der Waals surface area contributed by atoms with Crippen molar-refractivity contribution >= 4 is 28.7 Å². The van der Waals surface area contributed by atoms with Gasteiger partial charge >= 0.3 is 11.8 Å². The lowest BCUT2D eigenvalue weighted by molar-refractivity contribution is -0.138. The Labute approximate surface area is 104 Å². The van der Waals surface area contributed by atoms with Crippen LogP contribution in [0.15, 0.2) is 4.99 Å². The highest BCUT2D eigenvalue weighted by Gasteiger charge is 2.16. The van der Waals surface area contributed by atoms with Gasteiger partial charge in [-0.3, -0.25) is 19.9 Å². The van der Waals surface area contributed by atoms with Gasteiger partial charge in [0.05, 0.1) is 6.54 Å². The van der Waals surface area contributed by atoms with Gasteiger partial charge in [-0.1, -0.05) is 11.8 Å². The highest BCUT2D eigenvalue weighted by Crippen LogP contribution is 2.08. The number of thioether (sulfide) groups is 1. The normalized spacial score (nSPS) is 14.3. The average Bonchev–Trinajstić information content (AvgIpc) is 2.81. The third-order valence-electron chi connectivity index (χ3n) is 2.13. The Morgan fingerprint density at radius 3 is 2.76 bits per heavy atom. The molecule has 6 nitrogen and oxygen atoms in total. The maximum absolute atomic E-state index is 11.4. The number of amidine groups is 1. The lowest BCUT2D eigenvalue weighted by atomic mass is 10.2. The summed E-state index contributed by atoms with van der Waals surface area (Å²) < 4.78 is 0. The molecule has 3 N–H and O–H groups in total. The molecule has 2 amide bonds. The van der Waals surface area contributed by atoms with Crippen LogP contribution in [0.25, 0.3) is 0 Å². The summed E-state index contributed by atoms with van der Waals surface area (Å²) in [4.78, 5) is 26.7. The van der Waals surface area contributed by atoms with Crippen LogP contribution in [-0.4, -0.2) is 47.5 Å². The van der Waals surface area contributed by atoms with E-state index in [9.17, 15) is 9.59 Å². The molecule has 0 spiro atoms. The summed E-state index contributed by atoms with van der Waals surface area (Å²) in [5.74, 6) is -0.456. The fraction of sp³-hybridized carbons (Fsp3) is 0.700. The van der Waals surface area contributed by atoms with Crippen molar-refractivity contribution in [2.75, 3.05) is 25.4 Å². The second-order valence-electron chi connectivity index (χ2n) is 3.53. The minimum atomic E-state index is -0.666. The van der Waals surface area contributed by atoms with Crippen molar-refractivity contribution in [2.45, 2.75) is 19.3 Å². The Kier molecular flexibility index (Phi) is 6.64. The van der Waals surface area contributed by atoms with Gasteiger partial charge in [0, 0.05) is 18.9 Å². The fourth-order valence-corrected chi connectivity index (χ4v) is 1.98. The minimum absolute atomic E-state index is 0.158. The number of hydrogen-bond acceptors (Lipinski definition) is 5. The number of aliphatic hydroxyl groups is 1. The summed E-state index contributed by atoms with van der Waals surface area (Å²) >= 11 is 1.43. The van der Waals surface area contributed by atoms with Gasteiger partial charge in [-0.25, -0.2) is 0 Å². The van der Waals surface area contributed by atoms with Crippen molar-refractivity contribution in [1.29, 1.82) is 0 Å². The number of rotatable bonds is 5. The van der Waals surface area contributed by atoms with Crippen LogP contribution in [0.2, 0.25) is 0 Å². The van der Waals surface area contributed by atoms with E-state index in [1.165, 1.54) is 11.8 Å². The van der Waals surface area contributed by atoms with Crippen molar-refractivity contribution in [2.24, 2.45) is 4.99 Å². The van der Waals surface area contributed by atoms with Crippen LogP contribution in [0.5, 0.6) is 0 Å². The maximum atomic E-state index is 11.4. The quantitative estimate of drug-likeness (QED) is 0.458. The van der Waals surface area contributed by atoms with E-state index in [0.717, 1.165) is 25.0 Å². The van der Waals surface area contributed by atoms with E-state index >= 15 is 0 Å². The molecule has 17 heavy (non-hydrogen) atoms. The Bertz CT molecular complexity index is 307. The van der Waals surface area contributed by atoms with Crippen molar-refractivity contribution in [1.82, 2.24) is 10.6 Å². The molecule has 0 saturated carbocycles. The molecule has 1 aliphatic rings. The number of amides is 2. The first-order chi connectivity index (χ1) is 8.24. The summed E-state index contributed by atoms with van der Waals surface area (Å²) in [5.41, 5.74) is 0. The van der Waals surface area contributed by atoms with Gasteiger partial charge in [0.1, 0.15) is 0 Å². The average molecular weight is 259 g/mol. The zero-order valence-electron chi connectivity index (χ0n) is 9.57. The van der Waals surface area contributed by atoms with Gasteiger partial charge in [0.15, 0.2) is 5.17 Å². The van der Waals surface area contributed by atoms with E-state index in [2.05, 4.69) is 15.6 Å². The molecule has 0 aromatic rings. The Balaban J connectivity index is 2.11. The number of aliphatic imine (C=N–C) groups is 1. The van der Waals surface area contributed by atoms with E-state index in [1.807, 2.05) is 0 Å². The molecule has 0 saturated heterocycles.